The van der Waals surface area contributed by atoms with E-state index >= 15 is 0 Å². The normalized spacial score (nSPS) is 16.5. The van der Waals surface area contributed by atoms with Crippen LogP contribution < -0.4 is 24.8 Å². The monoisotopic (exact) mass is 1190 g/mol. The van der Waals surface area contributed by atoms with E-state index in [-0.39, 0.29) is 107 Å². The first kappa shape index (κ1) is 63.8. The van der Waals surface area contributed by atoms with Gasteiger partial charge in [-0.1, -0.05) is 241 Å². The molecule has 0 heterocycles. The summed E-state index contributed by atoms with van der Waals surface area (Å²) in [6.45, 7) is 9.28. The van der Waals surface area contributed by atoms with Crippen molar-refractivity contribution >= 4 is 43.3 Å². The van der Waals surface area contributed by atoms with Crippen LogP contribution in [0.1, 0.15) is 94.4 Å². The molecule has 0 bridgehead atoms. The van der Waals surface area contributed by atoms with E-state index in [1.54, 1.807) is 0 Å². The number of hydrogen-bond acceptors (Lipinski definition) is 0. The Morgan fingerprint density at radius 3 is 0.635 bits per heavy atom. The van der Waals surface area contributed by atoms with Crippen LogP contribution >= 0.6 is 0 Å². The molecule has 8 aromatic carbocycles. The zero-order valence-corrected chi connectivity index (χ0v) is 52.3. The van der Waals surface area contributed by atoms with E-state index in [1.165, 1.54) is 111 Å². The average molecular weight is 1190 g/mol. The van der Waals surface area contributed by atoms with Crippen molar-refractivity contribution in [3.8, 4) is 44.5 Å². The fourth-order valence-electron chi connectivity index (χ4n) is 10.9. The van der Waals surface area contributed by atoms with E-state index in [0.29, 0.717) is 22.2 Å². The summed E-state index contributed by atoms with van der Waals surface area (Å²) < 4.78 is 0. The predicted molar refractivity (Wildman–Crippen MR) is 310 cm³/mol. The fraction of sp³-hybridized carbons (Fsp3) is 0.118. The Balaban J connectivity index is 0.000000352. The Morgan fingerprint density at radius 2 is 0.446 bits per heavy atom. The van der Waals surface area contributed by atoms with Gasteiger partial charge in [-0.25, -0.2) is 0 Å². The number of allylic oxidation sites excluding steroid dienone is 4. The van der Waals surface area contributed by atoms with Crippen LogP contribution in [0.2, 0.25) is 0 Å². The van der Waals surface area contributed by atoms with Crippen LogP contribution in [0.3, 0.4) is 0 Å². The molecule has 4 unspecified atom stereocenters. The molecule has 0 spiro atoms. The third-order valence-electron chi connectivity index (χ3n) is 14.1. The number of benzene rings is 8. The van der Waals surface area contributed by atoms with E-state index in [2.05, 4.69) is 246 Å². The van der Waals surface area contributed by atoms with E-state index < -0.39 is 0 Å². The van der Waals surface area contributed by atoms with Gasteiger partial charge in [0, 0.05) is 0 Å². The summed E-state index contributed by atoms with van der Waals surface area (Å²) in [6, 6.07) is 70.6. The molecular formula is C68H64Cl2Si2Zr2. The second kappa shape index (κ2) is 28.0. The molecule has 4 atom stereocenters. The SMILES string of the molecule is CC1=Cc2c(-c3ccccc3)cccc2C1[Si]C1C(C)=Cc2c(-c3ccccc3)cccc21.CC1=Cc2c(-c3ccccc3)cccc2C1[Si]C1C(C)=Cc2c(-c3ccccc3)cccc21.[CH3-].[CH3-].[CH3-].[CH3-].[Cl-].[Cl-].[Zr+3].[Zr+3]. The Morgan fingerprint density at radius 1 is 0.257 bits per heavy atom. The van der Waals surface area contributed by atoms with Crippen LogP contribution in [0.15, 0.2) is 216 Å². The molecule has 6 radical (unpaired) electrons. The third-order valence-corrected chi connectivity index (χ3v) is 18.5. The minimum atomic E-state index is 0. The predicted octanol–water partition coefficient (Wildman–Crippen LogP) is 12.5. The summed E-state index contributed by atoms with van der Waals surface area (Å²) in [5.41, 5.74) is 30.2. The molecule has 366 valence electrons. The van der Waals surface area contributed by atoms with Crippen molar-refractivity contribution in [1.29, 1.82) is 0 Å². The van der Waals surface area contributed by atoms with Gasteiger partial charge in [-0.05, 0) is 139 Å². The van der Waals surface area contributed by atoms with E-state index in [4.69, 9.17) is 0 Å². The Hall–Kier alpha value is -4.50. The first-order valence-corrected chi connectivity index (χ1v) is 25.7. The second-order valence-corrected chi connectivity index (χ2v) is 21.3. The maximum atomic E-state index is 2.44. The fourth-order valence-corrected chi connectivity index (χ4v) is 14.7. The van der Waals surface area contributed by atoms with E-state index in [9.17, 15) is 0 Å². The Bertz CT molecular complexity index is 2820. The van der Waals surface area contributed by atoms with Crippen LogP contribution in [0.5, 0.6) is 0 Å². The average Bonchev–Trinajstić information content (AvgIpc) is 4.08. The largest absolute Gasteiger partial charge is 3.00 e. The molecule has 8 aromatic rings. The first-order valence-electron chi connectivity index (χ1n) is 23.4. The van der Waals surface area contributed by atoms with Crippen LogP contribution in [-0.4, -0.2) is 19.0 Å². The van der Waals surface area contributed by atoms with Crippen molar-refractivity contribution in [1.82, 2.24) is 0 Å². The van der Waals surface area contributed by atoms with Crippen LogP contribution in [0.25, 0.3) is 68.8 Å². The van der Waals surface area contributed by atoms with Crippen molar-refractivity contribution in [3.63, 3.8) is 0 Å². The first-order chi connectivity index (χ1) is 32.4. The number of fused-ring (bicyclic) bond motifs is 4. The number of rotatable bonds is 8. The molecule has 0 saturated carbocycles. The summed E-state index contributed by atoms with van der Waals surface area (Å²) in [7, 11) is 1.61. The Kier molecular flexibility index (Phi) is 24.2. The van der Waals surface area contributed by atoms with Gasteiger partial charge in [0.25, 0.3) is 0 Å². The standard InChI is InChI=1S/2C32H26Si.4CH3.2ClH.2Zr/c2*1-21-19-29-25(23-11-5-3-6-12-23)15-9-17-27(29)31(21)33-32-22(2)20-30-26(16-10-18-28(30)32)24-13-7-4-8-14-24;;;;;;;;/h2*3-20,31-32H,1-2H3;4*1H3;2*1H;;/q;;4*-1;;;2*+3/p-2. The van der Waals surface area contributed by atoms with E-state index in [1.807, 2.05) is 0 Å². The molecule has 0 aliphatic heterocycles. The summed E-state index contributed by atoms with van der Waals surface area (Å²) in [6.07, 6.45) is 9.74. The molecule has 0 nitrogen and oxygen atoms in total. The van der Waals surface area contributed by atoms with Gasteiger partial charge in [0.05, 0.1) is 19.0 Å². The van der Waals surface area contributed by atoms with Gasteiger partial charge >= 0.3 is 52.4 Å². The maximum Gasteiger partial charge on any atom is 3.00 e. The summed E-state index contributed by atoms with van der Waals surface area (Å²) in [5, 5.41) is 0. The minimum absolute atomic E-state index is 0. The topological polar surface area (TPSA) is 0 Å². The summed E-state index contributed by atoms with van der Waals surface area (Å²) >= 11 is 0. The minimum Gasteiger partial charge on any atom is -1.00 e. The van der Waals surface area contributed by atoms with Crippen molar-refractivity contribution in [2.45, 2.75) is 49.9 Å². The van der Waals surface area contributed by atoms with Gasteiger partial charge in [0.2, 0.25) is 0 Å². The molecule has 4 aliphatic carbocycles. The van der Waals surface area contributed by atoms with Crippen molar-refractivity contribution in [2.75, 3.05) is 0 Å². The van der Waals surface area contributed by atoms with Gasteiger partial charge in [-0.15, -0.1) is 0 Å². The quantitative estimate of drug-likeness (QED) is 0.105. The van der Waals surface area contributed by atoms with Crippen molar-refractivity contribution in [3.05, 3.63) is 291 Å². The molecule has 4 aliphatic rings. The molecule has 0 saturated heterocycles. The number of halogens is 2. The molecule has 6 heteroatoms. The summed E-state index contributed by atoms with van der Waals surface area (Å²) in [5.74, 6) is 0. The molecule has 0 aromatic heterocycles. The molecule has 74 heavy (non-hydrogen) atoms. The van der Waals surface area contributed by atoms with Gasteiger partial charge in [0.15, 0.2) is 0 Å². The van der Waals surface area contributed by atoms with E-state index in [0.717, 1.165) is 19.0 Å². The van der Waals surface area contributed by atoms with Crippen LogP contribution in [0.4, 0.5) is 0 Å². The third kappa shape index (κ3) is 12.3. The maximum absolute atomic E-state index is 2.44. The molecule has 12 rings (SSSR count). The molecule has 0 N–H and O–H groups in total. The zero-order chi connectivity index (χ0) is 44.7. The molecular weight excluding hydrogens is 1130 g/mol. The van der Waals surface area contributed by atoms with Crippen molar-refractivity contribution in [2.24, 2.45) is 0 Å². The molecule has 0 amide bonds. The van der Waals surface area contributed by atoms with Gasteiger partial charge < -0.3 is 54.5 Å². The smallest absolute Gasteiger partial charge is 1.00 e. The van der Waals surface area contributed by atoms with Gasteiger partial charge in [-0.2, -0.15) is 0 Å². The van der Waals surface area contributed by atoms with Crippen molar-refractivity contribution < 1.29 is 77.2 Å². The van der Waals surface area contributed by atoms with Gasteiger partial charge in [0.1, 0.15) is 0 Å². The van der Waals surface area contributed by atoms with Crippen LogP contribution in [0, 0.1) is 29.7 Å². The molecule has 0 fully saturated rings. The van der Waals surface area contributed by atoms with Gasteiger partial charge in [-0.3, -0.25) is 0 Å². The Labute approximate surface area is 500 Å². The zero-order valence-electron chi connectivity index (χ0n) is 43.8. The summed E-state index contributed by atoms with van der Waals surface area (Å²) in [4.78, 5) is 0. The van der Waals surface area contributed by atoms with Crippen LogP contribution in [-0.2, 0) is 52.4 Å². The number of hydrogen-bond donors (Lipinski definition) is 0. The second-order valence-electron chi connectivity index (χ2n) is 18.3.